The van der Waals surface area contributed by atoms with Gasteiger partial charge in [0.2, 0.25) is 11.8 Å². The lowest BCUT2D eigenvalue weighted by atomic mass is 9.68. The van der Waals surface area contributed by atoms with Crippen LogP contribution in [0.25, 0.3) is 0 Å². The minimum atomic E-state index is -0.936. The van der Waals surface area contributed by atoms with Crippen LogP contribution in [0.2, 0.25) is 0 Å². The maximum absolute atomic E-state index is 12.0. The van der Waals surface area contributed by atoms with Crippen molar-refractivity contribution in [3.05, 3.63) is 22.7 Å². The van der Waals surface area contributed by atoms with Crippen molar-refractivity contribution in [2.75, 3.05) is 13.2 Å². The molecule has 9 heteroatoms. The van der Waals surface area contributed by atoms with Crippen LogP contribution in [0.4, 0.5) is 0 Å². The number of nitrogens with one attached hydrogen (secondary N) is 1. The molecule has 3 N–H and O–H groups in total. The molecule has 3 aliphatic heterocycles. The molecule has 25 heavy (non-hydrogen) atoms. The van der Waals surface area contributed by atoms with Gasteiger partial charge in [0.15, 0.2) is 6.29 Å². The zero-order valence-corrected chi connectivity index (χ0v) is 13.7. The monoisotopic (exact) mass is 346 g/mol. The van der Waals surface area contributed by atoms with Crippen LogP contribution in [0.15, 0.2) is 11.5 Å². The number of aromatic nitrogens is 2. The Kier molecular flexibility index (Phi) is 3.67. The molecule has 0 radical (unpaired) electrons. The number of nitrogens with two attached hydrogens (primary N) is 1. The topological polar surface area (TPSA) is 132 Å². The van der Waals surface area contributed by atoms with Gasteiger partial charge in [0.25, 0.3) is 0 Å². The van der Waals surface area contributed by atoms with Gasteiger partial charge in [0.1, 0.15) is 11.6 Å². The molecule has 1 aromatic heterocycles. The summed E-state index contributed by atoms with van der Waals surface area (Å²) < 4.78 is 22.3. The first-order valence-corrected chi connectivity index (χ1v) is 8.18. The number of hydrogen-bond donors (Lipinski definition) is 2. The van der Waals surface area contributed by atoms with Crippen molar-refractivity contribution in [3.63, 3.8) is 0 Å². The molecule has 1 aromatic rings. The lowest BCUT2D eigenvalue weighted by Gasteiger charge is -2.42. The third kappa shape index (κ3) is 2.22. The molecular formula is C16H18N4O5. The van der Waals surface area contributed by atoms with Crippen molar-refractivity contribution in [1.82, 2.24) is 10.2 Å². The summed E-state index contributed by atoms with van der Waals surface area (Å²) in [5.41, 5.74) is 6.40. The second kappa shape index (κ2) is 5.75. The van der Waals surface area contributed by atoms with E-state index in [1.54, 1.807) is 6.92 Å². The molecule has 0 saturated carbocycles. The second-order valence-corrected chi connectivity index (χ2v) is 6.25. The smallest absolute Gasteiger partial charge is 0.311 e. The van der Waals surface area contributed by atoms with E-state index in [0.717, 1.165) is 0 Å². The van der Waals surface area contributed by atoms with Crippen molar-refractivity contribution in [3.8, 4) is 11.9 Å². The molecule has 2 fully saturated rings. The number of H-pyrrole nitrogens is 1. The van der Waals surface area contributed by atoms with E-state index < -0.39 is 17.7 Å². The average Bonchev–Trinajstić information content (AvgIpc) is 3.17. The molecule has 3 aliphatic rings. The van der Waals surface area contributed by atoms with Crippen LogP contribution in [-0.2, 0) is 30.8 Å². The van der Waals surface area contributed by atoms with Crippen molar-refractivity contribution >= 4 is 5.97 Å². The van der Waals surface area contributed by atoms with Gasteiger partial charge in [0.05, 0.1) is 42.4 Å². The lowest BCUT2D eigenvalue weighted by Crippen LogP contribution is -2.49. The van der Waals surface area contributed by atoms with Gasteiger partial charge in [-0.25, -0.2) is 0 Å². The van der Waals surface area contributed by atoms with Crippen LogP contribution in [0, 0.1) is 11.3 Å². The third-order valence-corrected chi connectivity index (χ3v) is 4.90. The molecule has 3 atom stereocenters. The summed E-state index contributed by atoms with van der Waals surface area (Å²) in [6.07, 6.45) is 0.621. The average molecular weight is 346 g/mol. The van der Waals surface area contributed by atoms with Gasteiger partial charge in [-0.3, -0.25) is 9.89 Å². The Morgan fingerprint density at radius 3 is 3.20 bits per heavy atom. The fourth-order valence-electron chi connectivity index (χ4n) is 3.88. The molecule has 0 aromatic carbocycles. The number of aromatic amines is 1. The zero-order valence-electron chi connectivity index (χ0n) is 13.7. The number of ether oxygens (including phenoxy) is 4. The molecule has 2 saturated heterocycles. The molecule has 0 aliphatic carbocycles. The van der Waals surface area contributed by atoms with Crippen molar-refractivity contribution in [2.24, 2.45) is 5.73 Å². The van der Waals surface area contributed by atoms with E-state index in [0.29, 0.717) is 30.7 Å². The normalized spacial score (nSPS) is 29.9. The highest BCUT2D eigenvalue weighted by Gasteiger charge is 2.58. The Morgan fingerprint density at radius 2 is 2.44 bits per heavy atom. The fourth-order valence-corrected chi connectivity index (χ4v) is 3.88. The van der Waals surface area contributed by atoms with Crippen molar-refractivity contribution < 1.29 is 23.7 Å². The largest absolute Gasteiger partial charge is 0.466 e. The first kappa shape index (κ1) is 15.9. The molecule has 0 amide bonds. The predicted molar refractivity (Wildman–Crippen MR) is 81.9 cm³/mol. The van der Waals surface area contributed by atoms with Gasteiger partial charge in [-0.2, -0.15) is 5.26 Å². The summed E-state index contributed by atoms with van der Waals surface area (Å²) in [6, 6.07) is 2.15. The highest BCUT2D eigenvalue weighted by atomic mass is 16.7. The van der Waals surface area contributed by atoms with Crippen LogP contribution in [0.3, 0.4) is 0 Å². The minimum Gasteiger partial charge on any atom is -0.466 e. The van der Waals surface area contributed by atoms with Crippen LogP contribution >= 0.6 is 0 Å². The number of carbonyl (C=O) groups excluding carboxylic acids is 1. The summed E-state index contributed by atoms with van der Waals surface area (Å²) in [6.45, 7) is 2.49. The van der Waals surface area contributed by atoms with Gasteiger partial charge in [-0.1, -0.05) is 0 Å². The van der Waals surface area contributed by atoms with Gasteiger partial charge in [0, 0.05) is 0 Å². The summed E-state index contributed by atoms with van der Waals surface area (Å²) in [4.78, 5) is 12.0. The standard InChI is InChI=1S/C16H18N4O5/c1-2-22-11(21)5-10-12-14(20-19-10)25-13(18)9(6-17)16(12)4-3-8-7-23-15(16)24-8/h8,15H,2-5,7,18H2,1H3,(H,19,20). The predicted octanol–water partition coefficient (Wildman–Crippen LogP) is 0.375. The first-order valence-electron chi connectivity index (χ1n) is 8.18. The highest BCUT2D eigenvalue weighted by Crippen LogP contribution is 2.54. The fraction of sp³-hybridized carbons (Fsp3) is 0.562. The van der Waals surface area contributed by atoms with E-state index in [4.69, 9.17) is 24.7 Å². The molecule has 1 spiro atoms. The van der Waals surface area contributed by atoms with Gasteiger partial charge in [-0.05, 0) is 19.8 Å². The number of hydrogen-bond acceptors (Lipinski definition) is 8. The van der Waals surface area contributed by atoms with E-state index in [-0.39, 0.29) is 36.5 Å². The number of esters is 1. The van der Waals surface area contributed by atoms with Crippen molar-refractivity contribution in [2.45, 2.75) is 44.0 Å². The van der Waals surface area contributed by atoms with E-state index in [9.17, 15) is 10.1 Å². The molecule has 4 heterocycles. The summed E-state index contributed by atoms with van der Waals surface area (Å²) in [7, 11) is 0. The van der Waals surface area contributed by atoms with E-state index in [2.05, 4.69) is 16.3 Å². The molecule has 3 unspecified atom stereocenters. The van der Waals surface area contributed by atoms with E-state index in [1.807, 2.05) is 0 Å². The summed E-state index contributed by atoms with van der Waals surface area (Å²) >= 11 is 0. The summed E-state index contributed by atoms with van der Waals surface area (Å²) in [5.74, 6) is -0.165. The van der Waals surface area contributed by atoms with Gasteiger partial charge >= 0.3 is 5.97 Å². The Morgan fingerprint density at radius 1 is 1.60 bits per heavy atom. The quantitative estimate of drug-likeness (QED) is 0.750. The highest BCUT2D eigenvalue weighted by molar-refractivity contribution is 5.73. The number of fused-ring (bicyclic) bond motifs is 5. The van der Waals surface area contributed by atoms with Gasteiger partial charge in [-0.15, -0.1) is 5.10 Å². The van der Waals surface area contributed by atoms with Crippen LogP contribution in [-0.4, -0.2) is 41.8 Å². The SMILES string of the molecule is CCOC(=O)Cc1[nH]nc2c1C1(CCC3COC1O3)C(C#N)=C(N)O2. The van der Waals surface area contributed by atoms with Gasteiger partial charge < -0.3 is 24.7 Å². The first-order chi connectivity index (χ1) is 12.1. The maximum Gasteiger partial charge on any atom is 0.311 e. The zero-order chi connectivity index (χ0) is 17.6. The van der Waals surface area contributed by atoms with Crippen LogP contribution in [0.5, 0.6) is 5.88 Å². The number of carbonyl (C=O) groups is 1. The third-order valence-electron chi connectivity index (χ3n) is 4.90. The number of nitriles is 1. The molecule has 4 rings (SSSR count). The second-order valence-electron chi connectivity index (χ2n) is 6.25. The lowest BCUT2D eigenvalue weighted by molar-refractivity contribution is -0.142. The molecule has 132 valence electrons. The number of nitrogens with zero attached hydrogens (tertiary/aromatic N) is 2. The maximum atomic E-state index is 12.0. The Labute approximate surface area is 143 Å². The number of rotatable bonds is 3. The van der Waals surface area contributed by atoms with Crippen LogP contribution < -0.4 is 10.5 Å². The van der Waals surface area contributed by atoms with E-state index >= 15 is 0 Å². The Hall–Kier alpha value is -2.57. The molecule has 2 bridgehead atoms. The minimum absolute atomic E-state index is 0.00324. The Bertz CT molecular complexity index is 795. The molecule has 9 nitrogen and oxygen atoms in total. The van der Waals surface area contributed by atoms with Crippen molar-refractivity contribution in [1.29, 1.82) is 5.26 Å². The Balaban J connectivity index is 1.84. The van der Waals surface area contributed by atoms with Crippen LogP contribution in [0.1, 0.15) is 31.0 Å². The van der Waals surface area contributed by atoms with E-state index in [1.165, 1.54) is 0 Å². The molecular weight excluding hydrogens is 328 g/mol. The summed E-state index contributed by atoms with van der Waals surface area (Å²) in [5, 5.41) is 16.7.